The molecule has 0 aliphatic carbocycles. The first-order chi connectivity index (χ1) is 20.9. The normalized spacial score (nSPS) is 14.1. The van der Waals surface area contributed by atoms with Crippen LogP contribution in [0.3, 0.4) is 0 Å². The van der Waals surface area contributed by atoms with Crippen LogP contribution in [0, 0.1) is 0 Å². The number of hydrogen-bond donors (Lipinski definition) is 2. The van der Waals surface area contributed by atoms with Gasteiger partial charge >= 0.3 is 6.18 Å². The Morgan fingerprint density at radius 3 is 2.47 bits per heavy atom. The SMILES string of the molecule is FC(F)(F)c1ccc(Cn2cnc3c(NCc4nc5ccccc5[nH]4)nc(-c4ccc(N5CCOCC5)nc4)nc32)cc1. The van der Waals surface area contributed by atoms with Crippen LogP contribution in [-0.2, 0) is 24.0 Å². The van der Waals surface area contributed by atoms with Crippen LogP contribution in [0.1, 0.15) is 17.0 Å². The number of para-hydroxylation sites is 2. The van der Waals surface area contributed by atoms with E-state index in [0.29, 0.717) is 53.7 Å². The van der Waals surface area contributed by atoms with Crippen LogP contribution in [0.5, 0.6) is 0 Å². The molecule has 0 amide bonds. The van der Waals surface area contributed by atoms with Crippen LogP contribution in [0.2, 0.25) is 0 Å². The standard InChI is InChI=1S/C30H26F3N9O/c31-30(32,33)21-8-5-19(6-9-21)17-42-18-36-26-28(35-16-24-37-22-3-1-2-4-23(22)38-24)39-27(40-29(26)42)20-7-10-25(34-15-20)41-11-13-43-14-12-41/h1-10,15,18H,11-14,16-17H2,(H,37,38)(H,35,39,40). The highest BCUT2D eigenvalue weighted by Gasteiger charge is 2.30. The number of aromatic amines is 1. The van der Waals surface area contributed by atoms with Gasteiger partial charge in [-0.2, -0.15) is 13.2 Å². The predicted octanol–water partition coefficient (Wildman–Crippen LogP) is 5.28. The number of fused-ring (bicyclic) bond motifs is 2. The maximum atomic E-state index is 13.1. The maximum absolute atomic E-state index is 13.1. The summed E-state index contributed by atoms with van der Waals surface area (Å²) in [7, 11) is 0. The van der Waals surface area contributed by atoms with Gasteiger partial charge in [-0.05, 0) is 42.0 Å². The van der Waals surface area contributed by atoms with Crippen LogP contribution >= 0.6 is 0 Å². The Morgan fingerprint density at radius 2 is 1.72 bits per heavy atom. The third-order valence-corrected chi connectivity index (χ3v) is 7.30. The number of ether oxygens (including phenoxy) is 1. The summed E-state index contributed by atoms with van der Waals surface area (Å²) in [5.41, 5.74) is 3.56. The lowest BCUT2D eigenvalue weighted by atomic mass is 10.1. The number of imidazole rings is 2. The zero-order valence-electron chi connectivity index (χ0n) is 22.8. The number of aromatic nitrogens is 7. The second-order valence-electron chi connectivity index (χ2n) is 10.2. The molecule has 43 heavy (non-hydrogen) atoms. The van der Waals surface area contributed by atoms with Gasteiger partial charge in [-0.3, -0.25) is 0 Å². The molecule has 2 N–H and O–H groups in total. The zero-order chi connectivity index (χ0) is 29.4. The predicted molar refractivity (Wildman–Crippen MR) is 156 cm³/mol. The smallest absolute Gasteiger partial charge is 0.378 e. The molecular formula is C30H26F3N9O. The summed E-state index contributed by atoms with van der Waals surface area (Å²) in [4.78, 5) is 29.0. The van der Waals surface area contributed by atoms with Crippen molar-refractivity contribution in [1.82, 2.24) is 34.5 Å². The Hall–Kier alpha value is -5.04. The first-order valence-electron chi connectivity index (χ1n) is 13.8. The number of morpholine rings is 1. The molecule has 0 bridgehead atoms. The van der Waals surface area contributed by atoms with Gasteiger partial charge < -0.3 is 24.5 Å². The summed E-state index contributed by atoms with van der Waals surface area (Å²) in [5.74, 6) is 2.53. The molecule has 218 valence electrons. The Balaban J connectivity index is 1.23. The first kappa shape index (κ1) is 26.8. The number of halogens is 3. The lowest BCUT2D eigenvalue weighted by Gasteiger charge is -2.27. The van der Waals surface area contributed by atoms with Gasteiger partial charge in [0.2, 0.25) is 0 Å². The number of anilines is 2. The fourth-order valence-corrected chi connectivity index (χ4v) is 5.06. The number of alkyl halides is 3. The van der Waals surface area contributed by atoms with Gasteiger partial charge in [-0.1, -0.05) is 24.3 Å². The second-order valence-corrected chi connectivity index (χ2v) is 10.2. The van der Waals surface area contributed by atoms with Gasteiger partial charge in [0.15, 0.2) is 17.3 Å². The van der Waals surface area contributed by atoms with E-state index >= 15 is 0 Å². The lowest BCUT2D eigenvalue weighted by Crippen LogP contribution is -2.36. The van der Waals surface area contributed by atoms with Crippen molar-refractivity contribution >= 4 is 33.8 Å². The van der Waals surface area contributed by atoms with Gasteiger partial charge in [-0.25, -0.2) is 24.9 Å². The van der Waals surface area contributed by atoms with Crippen molar-refractivity contribution in [2.75, 3.05) is 36.5 Å². The molecule has 7 rings (SSSR count). The van der Waals surface area contributed by atoms with Gasteiger partial charge in [0.05, 0.1) is 49.2 Å². The molecule has 1 saturated heterocycles. The van der Waals surface area contributed by atoms with Crippen LogP contribution in [0.25, 0.3) is 33.6 Å². The third kappa shape index (κ3) is 5.58. The van der Waals surface area contributed by atoms with Gasteiger partial charge in [0.1, 0.15) is 17.2 Å². The van der Waals surface area contributed by atoms with Crippen molar-refractivity contribution < 1.29 is 17.9 Å². The molecule has 6 aromatic rings. The average molecular weight is 586 g/mol. The Kier molecular flexibility index (Phi) is 6.86. The molecule has 1 fully saturated rings. The molecule has 0 unspecified atom stereocenters. The Labute approximate surface area is 243 Å². The number of hydrogen-bond acceptors (Lipinski definition) is 8. The molecular weight excluding hydrogens is 559 g/mol. The third-order valence-electron chi connectivity index (χ3n) is 7.30. The topological polar surface area (TPSA) is 110 Å². The van der Waals surface area contributed by atoms with Crippen molar-refractivity contribution in [3.8, 4) is 11.4 Å². The number of nitrogens with one attached hydrogen (secondary N) is 2. The molecule has 4 aromatic heterocycles. The minimum Gasteiger partial charge on any atom is -0.378 e. The molecule has 2 aromatic carbocycles. The van der Waals surface area contributed by atoms with Gasteiger partial charge in [0.25, 0.3) is 0 Å². The number of rotatable bonds is 7. The fraction of sp³-hybridized carbons (Fsp3) is 0.233. The molecule has 0 radical (unpaired) electrons. The van der Waals surface area contributed by atoms with Crippen molar-refractivity contribution in [2.24, 2.45) is 0 Å². The molecule has 0 saturated carbocycles. The van der Waals surface area contributed by atoms with Crippen LogP contribution in [0.15, 0.2) is 73.2 Å². The fourth-order valence-electron chi connectivity index (χ4n) is 5.06. The van der Waals surface area contributed by atoms with E-state index in [9.17, 15) is 13.2 Å². The van der Waals surface area contributed by atoms with E-state index in [1.54, 1.807) is 17.1 Å². The number of H-pyrrole nitrogens is 1. The van der Waals surface area contributed by atoms with E-state index in [1.807, 2.05) is 36.4 Å². The summed E-state index contributed by atoms with van der Waals surface area (Å²) >= 11 is 0. The summed E-state index contributed by atoms with van der Waals surface area (Å²) in [6, 6.07) is 16.7. The molecule has 5 heterocycles. The molecule has 1 aliphatic rings. The van der Waals surface area contributed by atoms with Crippen LogP contribution < -0.4 is 10.2 Å². The number of benzene rings is 2. The van der Waals surface area contributed by atoms with Crippen LogP contribution in [0.4, 0.5) is 24.8 Å². The largest absolute Gasteiger partial charge is 0.416 e. The zero-order valence-corrected chi connectivity index (χ0v) is 22.8. The number of pyridine rings is 1. The van der Waals surface area contributed by atoms with Crippen molar-refractivity contribution in [3.63, 3.8) is 0 Å². The molecule has 13 heteroatoms. The van der Waals surface area contributed by atoms with E-state index in [2.05, 4.69) is 30.2 Å². The summed E-state index contributed by atoms with van der Waals surface area (Å²) in [6.45, 7) is 3.50. The second kappa shape index (κ2) is 11.0. The first-order valence-corrected chi connectivity index (χ1v) is 13.8. The highest BCUT2D eigenvalue weighted by atomic mass is 19.4. The van der Waals surface area contributed by atoms with Gasteiger partial charge in [0, 0.05) is 24.8 Å². The Bertz CT molecular complexity index is 1840. The average Bonchev–Trinajstić information content (AvgIpc) is 3.64. The van der Waals surface area contributed by atoms with E-state index in [-0.39, 0.29) is 6.54 Å². The van der Waals surface area contributed by atoms with E-state index in [4.69, 9.17) is 14.7 Å². The highest BCUT2D eigenvalue weighted by Crippen LogP contribution is 2.30. The van der Waals surface area contributed by atoms with Crippen molar-refractivity contribution in [1.29, 1.82) is 0 Å². The monoisotopic (exact) mass is 585 g/mol. The van der Waals surface area contributed by atoms with E-state index < -0.39 is 11.7 Å². The minimum absolute atomic E-state index is 0.280. The molecule has 10 nitrogen and oxygen atoms in total. The minimum atomic E-state index is -4.39. The summed E-state index contributed by atoms with van der Waals surface area (Å²) < 4.78 is 46.5. The van der Waals surface area contributed by atoms with Crippen molar-refractivity contribution in [3.05, 3.63) is 90.1 Å². The summed E-state index contributed by atoms with van der Waals surface area (Å²) in [6.07, 6.45) is -1.04. The summed E-state index contributed by atoms with van der Waals surface area (Å²) in [5, 5.41) is 3.35. The van der Waals surface area contributed by atoms with E-state index in [1.165, 1.54) is 12.1 Å². The molecule has 1 aliphatic heterocycles. The van der Waals surface area contributed by atoms with Crippen molar-refractivity contribution in [2.45, 2.75) is 19.3 Å². The Morgan fingerprint density at radius 1 is 0.907 bits per heavy atom. The van der Waals surface area contributed by atoms with E-state index in [0.717, 1.165) is 47.9 Å². The maximum Gasteiger partial charge on any atom is 0.416 e. The lowest BCUT2D eigenvalue weighted by molar-refractivity contribution is -0.137. The van der Waals surface area contributed by atoms with Crippen LogP contribution in [-0.4, -0.2) is 60.8 Å². The molecule has 0 spiro atoms. The quantitative estimate of drug-likeness (QED) is 0.261. The highest BCUT2D eigenvalue weighted by molar-refractivity contribution is 5.85. The molecule has 0 atom stereocenters. The van der Waals surface area contributed by atoms with Gasteiger partial charge in [-0.15, -0.1) is 0 Å². The number of nitrogens with zero attached hydrogens (tertiary/aromatic N) is 7.